The molecule has 0 saturated carbocycles. The number of nitrogens with zero attached hydrogens (tertiary/aromatic N) is 1. The van der Waals surface area contributed by atoms with E-state index in [0.717, 1.165) is 32.0 Å². The van der Waals surface area contributed by atoms with Crippen LogP contribution in [0.5, 0.6) is 0 Å². The summed E-state index contributed by atoms with van der Waals surface area (Å²) in [6.45, 7) is 4.02. The predicted molar refractivity (Wildman–Crippen MR) is 73.1 cm³/mol. The highest BCUT2D eigenvalue weighted by Crippen LogP contribution is 2.11. The second kappa shape index (κ2) is 6.79. The molecule has 0 aliphatic carbocycles. The molecule has 0 bridgehead atoms. The summed E-state index contributed by atoms with van der Waals surface area (Å²) in [5, 5.41) is 3.22. The lowest BCUT2D eigenvalue weighted by Crippen LogP contribution is -2.32. The van der Waals surface area contributed by atoms with Crippen LogP contribution < -0.4 is 5.32 Å². The van der Waals surface area contributed by atoms with Gasteiger partial charge in [-0.2, -0.15) is 0 Å². The molecule has 1 aliphatic rings. The van der Waals surface area contributed by atoms with E-state index in [1.54, 1.807) is 0 Å². The van der Waals surface area contributed by atoms with Crippen LogP contribution in [0.2, 0.25) is 0 Å². The number of rotatable bonds is 6. The number of carbonyl (C=O) groups excluding carboxylic acids is 1. The molecule has 0 unspecified atom stereocenters. The summed E-state index contributed by atoms with van der Waals surface area (Å²) in [4.78, 5) is 13.3. The van der Waals surface area contributed by atoms with Gasteiger partial charge in [-0.1, -0.05) is 0 Å². The Hall–Kier alpha value is -1.49. The number of likely N-dealkylation sites (tertiary alicyclic amines) is 1. The highest BCUT2D eigenvalue weighted by molar-refractivity contribution is 5.77. The lowest BCUT2D eigenvalue weighted by molar-refractivity contribution is -0.127. The molecule has 0 spiro atoms. The van der Waals surface area contributed by atoms with Crippen LogP contribution in [0, 0.1) is 11.6 Å². The number of amides is 1. The maximum Gasteiger partial charge on any atom is 0.222 e. The van der Waals surface area contributed by atoms with E-state index in [4.69, 9.17) is 0 Å². The minimum atomic E-state index is -0.558. The zero-order chi connectivity index (χ0) is 14.5. The lowest BCUT2D eigenvalue weighted by atomic mass is 10.1. The van der Waals surface area contributed by atoms with Crippen LogP contribution in [0.1, 0.15) is 31.7 Å². The molecule has 2 rings (SSSR count). The van der Waals surface area contributed by atoms with Gasteiger partial charge in [-0.3, -0.25) is 4.79 Å². The zero-order valence-corrected chi connectivity index (χ0v) is 11.7. The van der Waals surface area contributed by atoms with Crippen LogP contribution in [0.25, 0.3) is 0 Å². The third-order valence-corrected chi connectivity index (χ3v) is 3.58. The molecule has 0 radical (unpaired) electrons. The molecule has 110 valence electrons. The van der Waals surface area contributed by atoms with Crippen molar-refractivity contribution in [1.29, 1.82) is 0 Å². The standard InChI is InChI=1S/C15H20F2N2O/c1-11(4-6-19-5-2-3-15(19)20)18-10-12-7-13(16)9-14(17)8-12/h7-9,11,18H,2-6,10H2,1H3/t11-/m0/s1. The fraction of sp³-hybridized carbons (Fsp3) is 0.533. The normalized spacial score (nSPS) is 16.8. The Labute approximate surface area is 118 Å². The fourth-order valence-electron chi connectivity index (χ4n) is 2.40. The first-order valence-corrected chi connectivity index (χ1v) is 7.01. The summed E-state index contributed by atoms with van der Waals surface area (Å²) in [6.07, 6.45) is 2.44. The third-order valence-electron chi connectivity index (χ3n) is 3.58. The topological polar surface area (TPSA) is 32.3 Å². The molecule has 1 aromatic rings. The molecule has 20 heavy (non-hydrogen) atoms. The lowest BCUT2D eigenvalue weighted by Gasteiger charge is -2.19. The molecule has 1 fully saturated rings. The smallest absolute Gasteiger partial charge is 0.222 e. The Morgan fingerprint density at radius 3 is 2.60 bits per heavy atom. The van der Waals surface area contributed by atoms with E-state index in [0.29, 0.717) is 18.5 Å². The Kier molecular flexibility index (Phi) is 5.06. The zero-order valence-electron chi connectivity index (χ0n) is 11.7. The van der Waals surface area contributed by atoms with Crippen molar-refractivity contribution >= 4 is 5.91 Å². The van der Waals surface area contributed by atoms with Gasteiger partial charge in [0, 0.05) is 38.2 Å². The molecule has 1 amide bonds. The number of halogens is 2. The molecular formula is C15H20F2N2O. The Balaban J connectivity index is 1.74. The first kappa shape index (κ1) is 14.9. The van der Waals surface area contributed by atoms with E-state index < -0.39 is 11.6 Å². The number of nitrogens with one attached hydrogen (secondary N) is 1. The minimum Gasteiger partial charge on any atom is -0.343 e. The van der Waals surface area contributed by atoms with Crippen molar-refractivity contribution in [3.05, 3.63) is 35.4 Å². The van der Waals surface area contributed by atoms with Crippen LogP contribution in [0.3, 0.4) is 0 Å². The van der Waals surface area contributed by atoms with E-state index in [2.05, 4.69) is 5.32 Å². The van der Waals surface area contributed by atoms with Crippen LogP contribution in [0.4, 0.5) is 8.78 Å². The number of hydrogen-bond donors (Lipinski definition) is 1. The van der Waals surface area contributed by atoms with Gasteiger partial charge in [0.2, 0.25) is 5.91 Å². The van der Waals surface area contributed by atoms with Gasteiger partial charge in [0.15, 0.2) is 0 Å². The van der Waals surface area contributed by atoms with Gasteiger partial charge in [0.1, 0.15) is 11.6 Å². The second-order valence-corrected chi connectivity index (χ2v) is 5.33. The predicted octanol–water partition coefficient (Wildman–Crippen LogP) is 2.46. The van der Waals surface area contributed by atoms with Crippen LogP contribution >= 0.6 is 0 Å². The highest BCUT2D eigenvalue weighted by atomic mass is 19.1. The quantitative estimate of drug-likeness (QED) is 0.869. The van der Waals surface area contributed by atoms with Crippen molar-refractivity contribution in [3.63, 3.8) is 0 Å². The van der Waals surface area contributed by atoms with Gasteiger partial charge in [0.05, 0.1) is 0 Å². The van der Waals surface area contributed by atoms with E-state index in [1.807, 2.05) is 11.8 Å². The van der Waals surface area contributed by atoms with E-state index in [9.17, 15) is 13.6 Å². The van der Waals surface area contributed by atoms with Gasteiger partial charge in [0.25, 0.3) is 0 Å². The van der Waals surface area contributed by atoms with Crippen molar-refractivity contribution in [2.45, 2.75) is 38.8 Å². The van der Waals surface area contributed by atoms with Crippen LogP contribution in [-0.2, 0) is 11.3 Å². The SMILES string of the molecule is C[C@@H](CCN1CCCC1=O)NCc1cc(F)cc(F)c1. The highest BCUT2D eigenvalue weighted by Gasteiger charge is 2.19. The first-order valence-electron chi connectivity index (χ1n) is 7.01. The molecule has 1 saturated heterocycles. The van der Waals surface area contributed by atoms with Gasteiger partial charge >= 0.3 is 0 Å². The first-order chi connectivity index (χ1) is 9.54. The molecular weight excluding hydrogens is 262 g/mol. The molecule has 0 aromatic heterocycles. The Bertz CT molecular complexity index is 459. The second-order valence-electron chi connectivity index (χ2n) is 5.33. The average molecular weight is 282 g/mol. The molecule has 1 N–H and O–H groups in total. The van der Waals surface area contributed by atoms with E-state index >= 15 is 0 Å². The summed E-state index contributed by atoms with van der Waals surface area (Å²) in [5.74, 6) is -0.890. The van der Waals surface area contributed by atoms with Crippen LogP contribution in [-0.4, -0.2) is 29.9 Å². The van der Waals surface area contributed by atoms with Crippen molar-refractivity contribution < 1.29 is 13.6 Å². The summed E-state index contributed by atoms with van der Waals surface area (Å²) < 4.78 is 26.1. The molecule has 1 aromatic carbocycles. The minimum absolute atomic E-state index is 0.190. The van der Waals surface area contributed by atoms with E-state index in [1.165, 1.54) is 12.1 Å². The number of benzene rings is 1. The maximum atomic E-state index is 13.0. The van der Waals surface area contributed by atoms with Crippen molar-refractivity contribution in [1.82, 2.24) is 10.2 Å². The molecule has 3 nitrogen and oxygen atoms in total. The Morgan fingerprint density at radius 2 is 2.00 bits per heavy atom. The van der Waals surface area contributed by atoms with Gasteiger partial charge in [-0.05, 0) is 37.5 Å². The average Bonchev–Trinajstić information content (AvgIpc) is 2.78. The monoisotopic (exact) mass is 282 g/mol. The fourth-order valence-corrected chi connectivity index (χ4v) is 2.40. The molecule has 1 heterocycles. The molecule has 1 atom stereocenters. The van der Waals surface area contributed by atoms with Crippen molar-refractivity contribution in [3.8, 4) is 0 Å². The van der Waals surface area contributed by atoms with Gasteiger partial charge in [-0.15, -0.1) is 0 Å². The van der Waals surface area contributed by atoms with Crippen LogP contribution in [0.15, 0.2) is 18.2 Å². The number of hydrogen-bond acceptors (Lipinski definition) is 2. The largest absolute Gasteiger partial charge is 0.343 e. The third kappa shape index (κ3) is 4.27. The van der Waals surface area contributed by atoms with E-state index in [-0.39, 0.29) is 11.9 Å². The maximum absolute atomic E-state index is 13.0. The summed E-state index contributed by atoms with van der Waals surface area (Å²) in [6, 6.07) is 3.71. The molecule has 5 heteroatoms. The molecule has 1 aliphatic heterocycles. The van der Waals surface area contributed by atoms with Crippen molar-refractivity contribution in [2.24, 2.45) is 0 Å². The van der Waals surface area contributed by atoms with Gasteiger partial charge in [-0.25, -0.2) is 8.78 Å². The summed E-state index contributed by atoms with van der Waals surface area (Å²) >= 11 is 0. The Morgan fingerprint density at radius 1 is 1.30 bits per heavy atom. The van der Waals surface area contributed by atoms with Crippen molar-refractivity contribution in [2.75, 3.05) is 13.1 Å². The summed E-state index contributed by atoms with van der Waals surface area (Å²) in [7, 11) is 0. The van der Waals surface area contributed by atoms with Gasteiger partial charge < -0.3 is 10.2 Å². The number of carbonyl (C=O) groups is 1. The summed E-state index contributed by atoms with van der Waals surface area (Å²) in [5.41, 5.74) is 0.589.